The molecule has 1 aliphatic rings. The Labute approximate surface area is 97.4 Å². The number of epoxide rings is 1. The van der Waals surface area contributed by atoms with Crippen molar-refractivity contribution in [3.05, 3.63) is 0 Å². The van der Waals surface area contributed by atoms with E-state index in [2.05, 4.69) is 0 Å². The molecule has 2 nitrogen and oxygen atoms in total. The molecule has 0 spiro atoms. The standard InChI is InChI=1S/C7H10Cl4O2/c1-2-3-4-12-5(8)6(9)7(10,11)13-6/h5H,2-4H2,1H3. The summed E-state index contributed by atoms with van der Waals surface area (Å²) in [6.45, 7) is 2.57. The van der Waals surface area contributed by atoms with Gasteiger partial charge >= 0.3 is 0 Å². The summed E-state index contributed by atoms with van der Waals surface area (Å²) in [6.07, 6.45) is 1.93. The van der Waals surface area contributed by atoms with Crippen molar-refractivity contribution in [1.29, 1.82) is 0 Å². The molecule has 2 unspecified atom stereocenters. The summed E-state index contributed by atoms with van der Waals surface area (Å²) >= 11 is 22.8. The molecule has 0 aromatic rings. The fourth-order valence-electron chi connectivity index (χ4n) is 0.778. The molecule has 0 aromatic carbocycles. The van der Waals surface area contributed by atoms with Crippen molar-refractivity contribution >= 4 is 46.4 Å². The second-order valence-electron chi connectivity index (χ2n) is 2.80. The molecule has 2 atom stereocenters. The van der Waals surface area contributed by atoms with E-state index in [0.717, 1.165) is 12.8 Å². The topological polar surface area (TPSA) is 21.8 Å². The van der Waals surface area contributed by atoms with E-state index in [1.165, 1.54) is 0 Å². The molecule has 0 amide bonds. The van der Waals surface area contributed by atoms with Crippen LogP contribution in [0.1, 0.15) is 19.8 Å². The molecule has 1 heterocycles. The van der Waals surface area contributed by atoms with Gasteiger partial charge in [-0.05, 0) is 6.42 Å². The maximum atomic E-state index is 5.82. The van der Waals surface area contributed by atoms with Crippen LogP contribution in [-0.2, 0) is 9.47 Å². The van der Waals surface area contributed by atoms with Crippen LogP contribution in [0.5, 0.6) is 0 Å². The Morgan fingerprint density at radius 3 is 2.31 bits per heavy atom. The smallest absolute Gasteiger partial charge is 0.267 e. The molecule has 1 fully saturated rings. The van der Waals surface area contributed by atoms with Gasteiger partial charge in [0.2, 0.25) is 5.06 Å². The van der Waals surface area contributed by atoms with Crippen molar-refractivity contribution in [2.45, 2.75) is 34.9 Å². The molecule has 0 aliphatic carbocycles. The zero-order valence-electron chi connectivity index (χ0n) is 7.03. The Bertz CT molecular complexity index is 187. The first-order chi connectivity index (χ1) is 5.94. The number of rotatable bonds is 5. The second-order valence-corrected chi connectivity index (χ2v) is 5.02. The lowest BCUT2D eigenvalue weighted by molar-refractivity contribution is 0.0733. The summed E-state index contributed by atoms with van der Waals surface area (Å²) in [5.41, 5.74) is -0.823. The summed E-state index contributed by atoms with van der Waals surface area (Å²) in [7, 11) is 0. The monoisotopic (exact) mass is 266 g/mol. The fourth-order valence-corrected chi connectivity index (χ4v) is 1.88. The molecule has 6 heteroatoms. The van der Waals surface area contributed by atoms with Gasteiger partial charge in [0.1, 0.15) is 0 Å². The second kappa shape index (κ2) is 4.30. The van der Waals surface area contributed by atoms with Crippen LogP contribution in [0, 0.1) is 0 Å². The van der Waals surface area contributed by atoms with Crippen molar-refractivity contribution < 1.29 is 9.47 Å². The van der Waals surface area contributed by atoms with Crippen LogP contribution in [0.3, 0.4) is 0 Å². The third kappa shape index (κ3) is 2.55. The first-order valence-electron chi connectivity index (χ1n) is 3.96. The van der Waals surface area contributed by atoms with Crippen molar-refractivity contribution in [2.24, 2.45) is 0 Å². The Balaban J connectivity index is 2.29. The van der Waals surface area contributed by atoms with Crippen molar-refractivity contribution in [3.63, 3.8) is 0 Å². The van der Waals surface area contributed by atoms with E-state index in [-0.39, 0.29) is 0 Å². The highest BCUT2D eigenvalue weighted by molar-refractivity contribution is 6.56. The fraction of sp³-hybridized carbons (Fsp3) is 1.00. The Hall–Kier alpha value is 1.08. The van der Waals surface area contributed by atoms with Gasteiger partial charge in [0, 0.05) is 6.61 Å². The van der Waals surface area contributed by atoms with Crippen LogP contribution < -0.4 is 0 Å². The quantitative estimate of drug-likeness (QED) is 0.432. The van der Waals surface area contributed by atoms with Crippen LogP contribution in [0.2, 0.25) is 0 Å². The molecule has 13 heavy (non-hydrogen) atoms. The van der Waals surface area contributed by atoms with Crippen LogP contribution in [0.15, 0.2) is 0 Å². The summed E-state index contributed by atoms with van der Waals surface area (Å²) in [5, 5.41) is -1.30. The summed E-state index contributed by atoms with van der Waals surface area (Å²) in [6, 6.07) is 0. The molecular weight excluding hydrogens is 258 g/mol. The van der Waals surface area contributed by atoms with Crippen molar-refractivity contribution in [2.75, 3.05) is 6.61 Å². The highest BCUT2D eigenvalue weighted by Crippen LogP contribution is 2.61. The van der Waals surface area contributed by atoms with Crippen molar-refractivity contribution in [1.82, 2.24) is 0 Å². The van der Waals surface area contributed by atoms with Gasteiger partial charge in [-0.15, -0.1) is 0 Å². The lowest BCUT2D eigenvalue weighted by atomic mass is 10.4. The maximum Gasteiger partial charge on any atom is 0.267 e. The molecule has 1 saturated heterocycles. The van der Waals surface area contributed by atoms with E-state index in [9.17, 15) is 0 Å². The van der Waals surface area contributed by atoms with E-state index in [0.29, 0.717) is 6.61 Å². The number of ether oxygens (including phenoxy) is 2. The molecule has 1 aliphatic heterocycles. The lowest BCUT2D eigenvalue weighted by Crippen LogP contribution is -2.26. The number of unbranched alkanes of at least 4 members (excludes halogenated alkanes) is 1. The highest BCUT2D eigenvalue weighted by atomic mass is 35.5. The SMILES string of the molecule is CCCCOC(Cl)C1(Cl)OC1(Cl)Cl. The molecule has 0 saturated carbocycles. The molecule has 0 bridgehead atoms. The van der Waals surface area contributed by atoms with E-state index in [4.69, 9.17) is 55.9 Å². The summed E-state index contributed by atoms with van der Waals surface area (Å²) < 4.78 is 8.58. The van der Waals surface area contributed by atoms with E-state index < -0.39 is 15.1 Å². The van der Waals surface area contributed by atoms with Crippen molar-refractivity contribution in [3.8, 4) is 0 Å². The number of alkyl halides is 4. The van der Waals surface area contributed by atoms with Crippen LogP contribution in [-0.4, -0.2) is 21.7 Å². The van der Waals surface area contributed by atoms with Crippen LogP contribution >= 0.6 is 46.4 Å². The third-order valence-corrected chi connectivity index (χ3v) is 3.68. The van der Waals surface area contributed by atoms with Gasteiger partial charge in [-0.25, -0.2) is 0 Å². The Morgan fingerprint density at radius 1 is 1.38 bits per heavy atom. The maximum absolute atomic E-state index is 5.82. The first-order valence-corrected chi connectivity index (χ1v) is 5.53. The lowest BCUT2D eigenvalue weighted by Gasteiger charge is -2.13. The molecule has 0 aromatic heterocycles. The summed E-state index contributed by atoms with van der Waals surface area (Å²) in [4.78, 5) is 0. The molecule has 0 radical (unpaired) electrons. The number of hydrogen-bond donors (Lipinski definition) is 0. The van der Waals surface area contributed by atoms with Gasteiger partial charge in [0.05, 0.1) is 0 Å². The number of hydrogen-bond acceptors (Lipinski definition) is 2. The predicted octanol–water partition coefficient (Wildman–Crippen LogP) is 3.46. The van der Waals surface area contributed by atoms with Gasteiger partial charge < -0.3 is 9.47 Å². The number of halogens is 4. The minimum absolute atomic E-state index is 0.520. The Morgan fingerprint density at radius 2 is 1.92 bits per heavy atom. The van der Waals surface area contributed by atoms with Gasteiger partial charge in [-0.2, -0.15) is 0 Å². The van der Waals surface area contributed by atoms with Gasteiger partial charge in [0.15, 0.2) is 5.56 Å². The minimum Gasteiger partial charge on any atom is -0.358 e. The highest BCUT2D eigenvalue weighted by Gasteiger charge is 2.73. The zero-order valence-corrected chi connectivity index (χ0v) is 10.1. The average molecular weight is 268 g/mol. The van der Waals surface area contributed by atoms with E-state index >= 15 is 0 Å². The summed E-state index contributed by atoms with van der Waals surface area (Å²) in [5.74, 6) is 0. The van der Waals surface area contributed by atoms with E-state index in [1.54, 1.807) is 0 Å². The normalized spacial score (nSPS) is 33.0. The van der Waals surface area contributed by atoms with Crippen LogP contribution in [0.25, 0.3) is 0 Å². The van der Waals surface area contributed by atoms with E-state index in [1.807, 2.05) is 6.92 Å². The Kier molecular flexibility index (Phi) is 4.01. The van der Waals surface area contributed by atoms with Gasteiger partial charge in [-0.1, -0.05) is 59.7 Å². The zero-order chi connectivity index (χ0) is 10.1. The largest absolute Gasteiger partial charge is 0.358 e. The first kappa shape index (κ1) is 12.2. The van der Waals surface area contributed by atoms with Gasteiger partial charge in [0.25, 0.3) is 4.52 Å². The van der Waals surface area contributed by atoms with Crippen LogP contribution in [0.4, 0.5) is 0 Å². The molecule has 78 valence electrons. The third-order valence-electron chi connectivity index (χ3n) is 1.69. The molecular formula is C7H10Cl4O2. The molecule has 0 N–H and O–H groups in total. The average Bonchev–Trinajstić information content (AvgIpc) is 2.53. The van der Waals surface area contributed by atoms with Gasteiger partial charge in [-0.3, -0.25) is 0 Å². The molecule has 1 rings (SSSR count). The minimum atomic E-state index is -1.42. The predicted molar refractivity (Wildman–Crippen MR) is 54.6 cm³/mol.